The molecule has 32 heavy (non-hydrogen) atoms. The van der Waals surface area contributed by atoms with E-state index in [2.05, 4.69) is 27.1 Å². The van der Waals surface area contributed by atoms with Crippen LogP contribution in [0.25, 0.3) is 0 Å². The fraction of sp³-hybridized carbons (Fsp3) is 0.435. The van der Waals surface area contributed by atoms with Gasteiger partial charge in [-0.05, 0) is 37.6 Å². The zero-order valence-electron chi connectivity index (χ0n) is 18.7. The van der Waals surface area contributed by atoms with E-state index >= 15 is 0 Å². The molecule has 0 spiro atoms. The third-order valence-corrected chi connectivity index (χ3v) is 6.75. The van der Waals surface area contributed by atoms with Gasteiger partial charge in [-0.2, -0.15) is 0 Å². The maximum atomic E-state index is 12.7. The van der Waals surface area contributed by atoms with Crippen LogP contribution in [0.3, 0.4) is 0 Å². The van der Waals surface area contributed by atoms with E-state index < -0.39 is 10.0 Å². The van der Waals surface area contributed by atoms with Crippen molar-refractivity contribution in [2.75, 3.05) is 33.4 Å². The maximum absolute atomic E-state index is 12.7. The average Bonchev–Trinajstić information content (AvgIpc) is 2.77. The van der Waals surface area contributed by atoms with Gasteiger partial charge in [-0.3, -0.25) is 9.69 Å². The summed E-state index contributed by atoms with van der Waals surface area (Å²) in [5.74, 6) is -0.181. The molecule has 174 valence electrons. The third-order valence-electron chi connectivity index (χ3n) is 5.07. The summed E-state index contributed by atoms with van der Waals surface area (Å²) < 4.78 is 38.8. The van der Waals surface area contributed by atoms with Crippen LogP contribution in [0.15, 0.2) is 53.4 Å². The number of hydrogen-bond acceptors (Lipinski definition) is 6. The zero-order chi connectivity index (χ0) is 23.1. The van der Waals surface area contributed by atoms with Gasteiger partial charge in [0.15, 0.2) is 0 Å². The molecule has 2 aromatic rings. The second-order valence-corrected chi connectivity index (χ2v) is 9.75. The smallest absolute Gasteiger partial charge is 0.251 e. The number of ether oxygens (including phenoxy) is 2. The first kappa shape index (κ1) is 24.2. The quantitative estimate of drug-likeness (QED) is 0.593. The lowest BCUT2D eigenvalue weighted by molar-refractivity contribution is -0.0292. The van der Waals surface area contributed by atoms with E-state index in [4.69, 9.17) is 9.47 Å². The Hall–Kier alpha value is -2.46. The van der Waals surface area contributed by atoms with Crippen LogP contribution in [0.4, 0.5) is 0 Å². The average molecular weight is 462 g/mol. The number of sulfonamides is 1. The van der Waals surface area contributed by atoms with Gasteiger partial charge in [-0.15, -0.1) is 0 Å². The van der Waals surface area contributed by atoms with Crippen molar-refractivity contribution in [1.82, 2.24) is 14.9 Å². The Labute approximate surface area is 190 Å². The summed E-state index contributed by atoms with van der Waals surface area (Å²) >= 11 is 0. The van der Waals surface area contributed by atoms with E-state index in [1.165, 1.54) is 24.8 Å². The summed E-state index contributed by atoms with van der Waals surface area (Å²) in [5, 5.41) is 2.86. The van der Waals surface area contributed by atoms with Gasteiger partial charge in [0.25, 0.3) is 5.91 Å². The van der Waals surface area contributed by atoms with E-state index in [0.717, 1.165) is 13.1 Å². The SMILES string of the molecule is COc1ccc(C(=O)NCC2CN(Cc3ccccc3)CCO2)cc1S(=O)(=O)NC(C)C. The summed E-state index contributed by atoms with van der Waals surface area (Å²) in [6.07, 6.45) is -0.138. The van der Waals surface area contributed by atoms with Crippen molar-refractivity contribution in [1.29, 1.82) is 0 Å². The number of amides is 1. The largest absolute Gasteiger partial charge is 0.495 e. The number of morpholine rings is 1. The number of methoxy groups -OCH3 is 1. The Morgan fingerprint density at radius 2 is 1.97 bits per heavy atom. The van der Waals surface area contributed by atoms with Gasteiger partial charge in [0.1, 0.15) is 10.6 Å². The van der Waals surface area contributed by atoms with Crippen molar-refractivity contribution >= 4 is 15.9 Å². The van der Waals surface area contributed by atoms with Crippen LogP contribution in [0.1, 0.15) is 29.8 Å². The van der Waals surface area contributed by atoms with E-state index in [1.807, 2.05) is 18.2 Å². The molecule has 0 aromatic heterocycles. The van der Waals surface area contributed by atoms with Gasteiger partial charge in [-0.25, -0.2) is 13.1 Å². The highest BCUT2D eigenvalue weighted by atomic mass is 32.2. The van der Waals surface area contributed by atoms with Crippen LogP contribution in [-0.2, 0) is 21.3 Å². The Morgan fingerprint density at radius 3 is 2.66 bits per heavy atom. The Bertz CT molecular complexity index is 1010. The van der Waals surface area contributed by atoms with Crippen LogP contribution in [-0.4, -0.2) is 64.7 Å². The minimum absolute atomic E-state index is 0.0655. The molecule has 1 amide bonds. The molecule has 3 rings (SSSR count). The van der Waals surface area contributed by atoms with E-state index in [0.29, 0.717) is 19.7 Å². The molecule has 1 aliphatic rings. The van der Waals surface area contributed by atoms with Gasteiger partial charge in [0.05, 0.1) is 19.8 Å². The molecular formula is C23H31N3O5S. The lowest BCUT2D eigenvalue weighted by Gasteiger charge is -2.33. The second-order valence-electron chi connectivity index (χ2n) is 8.07. The fourth-order valence-corrected chi connectivity index (χ4v) is 5.05. The molecule has 1 heterocycles. The molecule has 2 N–H and O–H groups in total. The summed E-state index contributed by atoms with van der Waals surface area (Å²) in [6.45, 7) is 6.76. The number of carbonyl (C=O) groups is 1. The minimum Gasteiger partial charge on any atom is -0.495 e. The van der Waals surface area contributed by atoms with Gasteiger partial charge < -0.3 is 14.8 Å². The predicted octanol–water partition coefficient (Wildman–Crippen LogP) is 2.01. The van der Waals surface area contributed by atoms with Crippen molar-refractivity contribution in [3.8, 4) is 5.75 Å². The number of nitrogens with zero attached hydrogens (tertiary/aromatic N) is 1. The molecule has 0 aliphatic carbocycles. The number of nitrogens with one attached hydrogen (secondary N) is 2. The van der Waals surface area contributed by atoms with Crippen molar-refractivity contribution < 1.29 is 22.7 Å². The van der Waals surface area contributed by atoms with Crippen molar-refractivity contribution in [3.63, 3.8) is 0 Å². The summed E-state index contributed by atoms with van der Waals surface area (Å²) in [5.41, 5.74) is 1.48. The predicted molar refractivity (Wildman–Crippen MR) is 122 cm³/mol. The molecule has 1 saturated heterocycles. The lowest BCUT2D eigenvalue weighted by Crippen LogP contribution is -2.47. The van der Waals surface area contributed by atoms with Crippen LogP contribution in [0, 0.1) is 0 Å². The molecule has 1 fully saturated rings. The zero-order valence-corrected chi connectivity index (χ0v) is 19.5. The summed E-state index contributed by atoms with van der Waals surface area (Å²) in [6, 6.07) is 14.3. The molecule has 9 heteroatoms. The molecule has 2 aromatic carbocycles. The van der Waals surface area contributed by atoms with E-state index in [-0.39, 0.29) is 34.3 Å². The molecule has 1 atom stereocenters. The Morgan fingerprint density at radius 1 is 1.22 bits per heavy atom. The maximum Gasteiger partial charge on any atom is 0.251 e. The first-order valence-corrected chi connectivity index (χ1v) is 12.1. The number of rotatable bonds is 9. The van der Waals surface area contributed by atoms with Crippen LogP contribution in [0.5, 0.6) is 5.75 Å². The highest BCUT2D eigenvalue weighted by molar-refractivity contribution is 7.89. The molecule has 0 bridgehead atoms. The molecule has 8 nitrogen and oxygen atoms in total. The van der Waals surface area contributed by atoms with Crippen molar-refractivity contribution in [2.45, 2.75) is 37.4 Å². The minimum atomic E-state index is -3.82. The Kier molecular flexibility index (Phi) is 8.25. The third kappa shape index (κ3) is 6.52. The number of hydrogen-bond donors (Lipinski definition) is 2. The number of benzene rings is 2. The normalized spacial score (nSPS) is 17.3. The van der Waals surface area contributed by atoms with Crippen LogP contribution < -0.4 is 14.8 Å². The molecule has 0 radical (unpaired) electrons. The second kappa shape index (κ2) is 10.9. The van der Waals surface area contributed by atoms with E-state index in [9.17, 15) is 13.2 Å². The fourth-order valence-electron chi connectivity index (χ4n) is 3.60. The van der Waals surface area contributed by atoms with Gasteiger partial charge in [0, 0.05) is 37.8 Å². The molecule has 0 saturated carbocycles. The van der Waals surface area contributed by atoms with Gasteiger partial charge >= 0.3 is 0 Å². The summed E-state index contributed by atoms with van der Waals surface area (Å²) in [7, 11) is -2.42. The highest BCUT2D eigenvalue weighted by Gasteiger charge is 2.24. The van der Waals surface area contributed by atoms with Crippen molar-refractivity contribution in [3.05, 3.63) is 59.7 Å². The molecule has 1 unspecified atom stereocenters. The first-order valence-electron chi connectivity index (χ1n) is 10.6. The lowest BCUT2D eigenvalue weighted by atomic mass is 10.1. The van der Waals surface area contributed by atoms with E-state index in [1.54, 1.807) is 19.9 Å². The molecular weight excluding hydrogens is 430 g/mol. The molecule has 1 aliphatic heterocycles. The van der Waals surface area contributed by atoms with Crippen LogP contribution in [0.2, 0.25) is 0 Å². The van der Waals surface area contributed by atoms with Gasteiger partial charge in [0.2, 0.25) is 10.0 Å². The van der Waals surface area contributed by atoms with Crippen LogP contribution >= 0.6 is 0 Å². The van der Waals surface area contributed by atoms with Gasteiger partial charge in [-0.1, -0.05) is 30.3 Å². The monoisotopic (exact) mass is 461 g/mol. The van der Waals surface area contributed by atoms with Crippen molar-refractivity contribution in [2.24, 2.45) is 0 Å². The summed E-state index contributed by atoms with van der Waals surface area (Å²) in [4.78, 5) is 15.0. The topological polar surface area (TPSA) is 97.0 Å². The number of carbonyl (C=O) groups excluding carboxylic acids is 1. The standard InChI is InChI=1S/C23H31N3O5S/c1-17(2)25-32(28,29)22-13-19(9-10-21(22)30-3)23(27)24-14-20-16-26(11-12-31-20)15-18-7-5-4-6-8-18/h4-10,13,17,20,25H,11-12,14-16H2,1-3H3,(H,24,27). The Balaban J connectivity index is 1.62. The highest BCUT2D eigenvalue weighted by Crippen LogP contribution is 2.25. The first-order chi connectivity index (χ1) is 15.3.